The van der Waals surface area contributed by atoms with Crippen molar-refractivity contribution in [1.82, 2.24) is 4.57 Å². The lowest BCUT2D eigenvalue weighted by molar-refractivity contribution is 0.414. The molecule has 1 aromatic carbocycles. The smallest absolute Gasteiger partial charge is 0.118 e. The summed E-state index contributed by atoms with van der Waals surface area (Å²) in [7, 11) is 1.70. The van der Waals surface area contributed by atoms with E-state index in [4.69, 9.17) is 4.74 Å². The average molecular weight is 229 g/mol. The number of nitrogens with zero attached hydrogens (tertiary/aromatic N) is 1. The highest BCUT2D eigenvalue weighted by Crippen LogP contribution is 2.13. The Labute approximate surface area is 103 Å². The predicted molar refractivity (Wildman–Crippen MR) is 70.6 cm³/mol. The summed E-state index contributed by atoms with van der Waals surface area (Å²) >= 11 is 0. The molecule has 2 heteroatoms. The number of ether oxygens (including phenoxy) is 1. The normalized spacial score (nSPS) is 10.5. The van der Waals surface area contributed by atoms with E-state index < -0.39 is 0 Å². The first-order chi connectivity index (χ1) is 8.20. The number of methoxy groups -OCH3 is 1. The molecule has 90 valence electrons. The predicted octanol–water partition coefficient (Wildman–Crippen LogP) is 3.36. The highest BCUT2D eigenvalue weighted by atomic mass is 16.5. The molecule has 1 heterocycles. The highest BCUT2D eigenvalue weighted by molar-refractivity contribution is 5.27. The van der Waals surface area contributed by atoms with E-state index >= 15 is 0 Å². The second-order valence-corrected chi connectivity index (χ2v) is 4.37. The fourth-order valence-electron chi connectivity index (χ4n) is 2.09. The van der Waals surface area contributed by atoms with Crippen molar-refractivity contribution >= 4 is 0 Å². The van der Waals surface area contributed by atoms with Crippen molar-refractivity contribution < 1.29 is 4.74 Å². The van der Waals surface area contributed by atoms with Gasteiger partial charge in [-0.05, 0) is 50.1 Å². The topological polar surface area (TPSA) is 14.2 Å². The van der Waals surface area contributed by atoms with Gasteiger partial charge < -0.3 is 9.30 Å². The van der Waals surface area contributed by atoms with Crippen molar-refractivity contribution in [3.63, 3.8) is 0 Å². The summed E-state index contributed by atoms with van der Waals surface area (Å²) in [5.74, 6) is 0.919. The van der Waals surface area contributed by atoms with E-state index in [1.54, 1.807) is 7.11 Å². The number of aromatic nitrogens is 1. The van der Waals surface area contributed by atoms with Gasteiger partial charge in [-0.2, -0.15) is 0 Å². The van der Waals surface area contributed by atoms with E-state index in [1.807, 2.05) is 12.1 Å². The summed E-state index contributed by atoms with van der Waals surface area (Å²) < 4.78 is 7.50. The molecule has 2 nitrogen and oxygen atoms in total. The van der Waals surface area contributed by atoms with Crippen LogP contribution in [0.3, 0.4) is 0 Å². The van der Waals surface area contributed by atoms with Gasteiger partial charge in [0.25, 0.3) is 0 Å². The van der Waals surface area contributed by atoms with Gasteiger partial charge in [-0.1, -0.05) is 12.1 Å². The van der Waals surface area contributed by atoms with Crippen molar-refractivity contribution in [2.45, 2.75) is 26.8 Å². The third-order valence-corrected chi connectivity index (χ3v) is 3.20. The molecule has 2 aromatic rings. The summed E-state index contributed by atoms with van der Waals surface area (Å²) in [5, 5.41) is 0. The summed E-state index contributed by atoms with van der Waals surface area (Å²) in [5.41, 5.74) is 4.00. The second-order valence-electron chi connectivity index (χ2n) is 4.37. The Balaban J connectivity index is 2.02. The summed E-state index contributed by atoms with van der Waals surface area (Å²) in [6.45, 7) is 5.35. The Kier molecular flexibility index (Phi) is 3.52. The number of aryl methyl sites for hydroxylation is 3. The van der Waals surface area contributed by atoms with Crippen molar-refractivity contribution in [3.05, 3.63) is 53.3 Å². The molecular weight excluding hydrogens is 210 g/mol. The largest absolute Gasteiger partial charge is 0.497 e. The molecule has 0 saturated carbocycles. The summed E-state index contributed by atoms with van der Waals surface area (Å²) in [4.78, 5) is 0. The lowest BCUT2D eigenvalue weighted by Gasteiger charge is -2.09. The number of benzene rings is 1. The van der Waals surface area contributed by atoms with E-state index in [0.717, 1.165) is 18.7 Å². The van der Waals surface area contributed by atoms with Crippen LogP contribution in [0, 0.1) is 13.8 Å². The van der Waals surface area contributed by atoms with E-state index in [9.17, 15) is 0 Å². The van der Waals surface area contributed by atoms with Crippen LogP contribution in [0.2, 0.25) is 0 Å². The monoisotopic (exact) mass is 229 g/mol. The van der Waals surface area contributed by atoms with E-state index in [1.165, 1.54) is 17.0 Å². The van der Waals surface area contributed by atoms with Crippen molar-refractivity contribution in [2.75, 3.05) is 7.11 Å². The third-order valence-electron chi connectivity index (χ3n) is 3.20. The molecule has 0 aliphatic carbocycles. The molecule has 0 spiro atoms. The van der Waals surface area contributed by atoms with E-state index in [2.05, 4.69) is 42.7 Å². The molecule has 0 N–H and O–H groups in total. The van der Waals surface area contributed by atoms with Crippen LogP contribution >= 0.6 is 0 Å². The molecule has 1 aromatic heterocycles. The van der Waals surface area contributed by atoms with Gasteiger partial charge in [-0.3, -0.25) is 0 Å². The number of rotatable bonds is 4. The molecule has 0 radical (unpaired) electrons. The van der Waals surface area contributed by atoms with Crippen LogP contribution in [0.15, 0.2) is 36.4 Å². The van der Waals surface area contributed by atoms with Gasteiger partial charge in [0.15, 0.2) is 0 Å². The fraction of sp³-hybridized carbons (Fsp3) is 0.333. The minimum absolute atomic E-state index is 0.919. The van der Waals surface area contributed by atoms with Crippen LogP contribution in [0.1, 0.15) is 17.0 Å². The van der Waals surface area contributed by atoms with Gasteiger partial charge in [0, 0.05) is 17.9 Å². The SMILES string of the molecule is COc1ccc(CCn2c(C)ccc2C)cc1. The van der Waals surface area contributed by atoms with Gasteiger partial charge in [0.1, 0.15) is 5.75 Å². The zero-order chi connectivity index (χ0) is 12.3. The number of hydrogen-bond acceptors (Lipinski definition) is 1. The van der Waals surface area contributed by atoms with Crippen molar-refractivity contribution in [2.24, 2.45) is 0 Å². The Bertz CT molecular complexity index is 463. The molecule has 0 bridgehead atoms. The van der Waals surface area contributed by atoms with Crippen LogP contribution < -0.4 is 4.74 Å². The van der Waals surface area contributed by atoms with Crippen molar-refractivity contribution in [1.29, 1.82) is 0 Å². The Morgan fingerprint density at radius 3 is 2.06 bits per heavy atom. The Hall–Kier alpha value is -1.70. The first kappa shape index (κ1) is 11.8. The average Bonchev–Trinajstić information content (AvgIpc) is 2.67. The molecule has 0 aliphatic rings. The maximum Gasteiger partial charge on any atom is 0.118 e. The molecule has 0 atom stereocenters. The third kappa shape index (κ3) is 2.70. The summed E-state index contributed by atoms with van der Waals surface area (Å²) in [6, 6.07) is 12.6. The highest BCUT2D eigenvalue weighted by Gasteiger charge is 2.01. The first-order valence-electron chi connectivity index (χ1n) is 5.96. The standard InChI is InChI=1S/C15H19NO/c1-12-4-5-13(2)16(12)11-10-14-6-8-15(17-3)9-7-14/h4-9H,10-11H2,1-3H3. The van der Waals surface area contributed by atoms with Gasteiger partial charge in [0.2, 0.25) is 0 Å². The van der Waals surface area contributed by atoms with Gasteiger partial charge in [-0.25, -0.2) is 0 Å². The summed E-state index contributed by atoms with van der Waals surface area (Å²) in [6.07, 6.45) is 1.06. The van der Waals surface area contributed by atoms with Crippen LogP contribution in [0.4, 0.5) is 0 Å². The minimum Gasteiger partial charge on any atom is -0.497 e. The minimum atomic E-state index is 0.919. The Morgan fingerprint density at radius 2 is 1.53 bits per heavy atom. The molecule has 0 unspecified atom stereocenters. The van der Waals surface area contributed by atoms with Gasteiger partial charge >= 0.3 is 0 Å². The second kappa shape index (κ2) is 5.09. The van der Waals surface area contributed by atoms with E-state index in [-0.39, 0.29) is 0 Å². The molecule has 0 fully saturated rings. The maximum atomic E-state index is 5.15. The first-order valence-corrected chi connectivity index (χ1v) is 5.96. The van der Waals surface area contributed by atoms with Crippen LogP contribution in [0.5, 0.6) is 5.75 Å². The van der Waals surface area contributed by atoms with Crippen molar-refractivity contribution in [3.8, 4) is 5.75 Å². The van der Waals surface area contributed by atoms with Crippen LogP contribution in [0.25, 0.3) is 0 Å². The molecular formula is C15H19NO. The number of hydrogen-bond donors (Lipinski definition) is 0. The van der Waals surface area contributed by atoms with Crippen LogP contribution in [-0.4, -0.2) is 11.7 Å². The zero-order valence-electron chi connectivity index (χ0n) is 10.7. The molecule has 2 rings (SSSR count). The van der Waals surface area contributed by atoms with E-state index in [0.29, 0.717) is 0 Å². The molecule has 0 saturated heterocycles. The zero-order valence-corrected chi connectivity index (χ0v) is 10.7. The molecule has 0 amide bonds. The van der Waals surface area contributed by atoms with Gasteiger partial charge in [-0.15, -0.1) is 0 Å². The Morgan fingerprint density at radius 1 is 0.941 bits per heavy atom. The maximum absolute atomic E-state index is 5.15. The molecule has 17 heavy (non-hydrogen) atoms. The molecule has 0 aliphatic heterocycles. The van der Waals surface area contributed by atoms with Crippen LogP contribution in [-0.2, 0) is 13.0 Å². The quantitative estimate of drug-likeness (QED) is 0.784. The van der Waals surface area contributed by atoms with Gasteiger partial charge in [0.05, 0.1) is 7.11 Å². The lowest BCUT2D eigenvalue weighted by Crippen LogP contribution is -2.04. The fourth-order valence-corrected chi connectivity index (χ4v) is 2.09. The lowest BCUT2D eigenvalue weighted by atomic mass is 10.1.